The molecule has 1 fully saturated rings. The molecule has 1 saturated carbocycles. The maximum Gasteiger partial charge on any atom is 0.270 e. The van der Waals surface area contributed by atoms with E-state index in [0.29, 0.717) is 5.69 Å². The Bertz CT molecular complexity index is 416. The van der Waals surface area contributed by atoms with Crippen LogP contribution in [-0.4, -0.2) is 32.9 Å². The lowest BCUT2D eigenvalue weighted by Gasteiger charge is -2.40. The lowest BCUT2D eigenvalue weighted by atomic mass is 9.77. The molecule has 2 N–H and O–H groups in total. The zero-order valence-electron chi connectivity index (χ0n) is 10.4. The van der Waals surface area contributed by atoms with Crippen molar-refractivity contribution < 1.29 is 9.90 Å². The van der Waals surface area contributed by atoms with Gasteiger partial charge in [0.25, 0.3) is 5.91 Å². The molecular weight excluding hydrogens is 218 g/mol. The number of carbonyl (C=O) groups is 1. The van der Waals surface area contributed by atoms with Crippen LogP contribution in [-0.2, 0) is 13.5 Å². The first-order valence-electron chi connectivity index (χ1n) is 6.06. The smallest absolute Gasteiger partial charge is 0.270 e. The van der Waals surface area contributed by atoms with Crippen LogP contribution in [0.5, 0.6) is 0 Å². The van der Waals surface area contributed by atoms with E-state index in [9.17, 15) is 9.90 Å². The minimum atomic E-state index is -0.395. The van der Waals surface area contributed by atoms with Gasteiger partial charge in [0.15, 0.2) is 0 Å². The Morgan fingerprint density at radius 2 is 2.35 bits per heavy atom. The predicted octanol–water partition coefficient (Wildman–Crippen LogP) is 0.627. The molecule has 1 aliphatic carbocycles. The minimum Gasteiger partial charge on any atom is -0.394 e. The molecule has 5 nitrogen and oxygen atoms in total. The van der Waals surface area contributed by atoms with E-state index in [1.54, 1.807) is 17.8 Å². The number of rotatable bonds is 4. The van der Waals surface area contributed by atoms with Gasteiger partial charge in [-0.25, -0.2) is 0 Å². The summed E-state index contributed by atoms with van der Waals surface area (Å²) < 4.78 is 1.60. The van der Waals surface area contributed by atoms with Crippen molar-refractivity contribution in [3.05, 3.63) is 17.5 Å². The monoisotopic (exact) mass is 237 g/mol. The number of hydrogen-bond acceptors (Lipinski definition) is 3. The molecule has 1 aromatic heterocycles. The highest BCUT2D eigenvalue weighted by Crippen LogP contribution is 2.31. The van der Waals surface area contributed by atoms with Gasteiger partial charge in [-0.05, 0) is 31.7 Å². The Labute approximate surface area is 101 Å². The van der Waals surface area contributed by atoms with Gasteiger partial charge in [-0.15, -0.1) is 0 Å². The maximum absolute atomic E-state index is 12.1. The van der Waals surface area contributed by atoms with E-state index >= 15 is 0 Å². The first kappa shape index (κ1) is 12.1. The third-order valence-electron chi connectivity index (χ3n) is 3.52. The van der Waals surface area contributed by atoms with Crippen LogP contribution in [0.3, 0.4) is 0 Å². The van der Waals surface area contributed by atoms with Crippen molar-refractivity contribution in [3.8, 4) is 0 Å². The van der Waals surface area contributed by atoms with E-state index in [1.165, 1.54) is 0 Å². The molecule has 0 spiro atoms. The van der Waals surface area contributed by atoms with Crippen LogP contribution in [0.1, 0.15) is 42.4 Å². The Morgan fingerprint density at radius 1 is 1.65 bits per heavy atom. The Balaban J connectivity index is 2.11. The van der Waals surface area contributed by atoms with Gasteiger partial charge in [-0.3, -0.25) is 9.48 Å². The first-order chi connectivity index (χ1) is 8.10. The summed E-state index contributed by atoms with van der Waals surface area (Å²) >= 11 is 0. The second-order valence-corrected chi connectivity index (χ2v) is 4.74. The quantitative estimate of drug-likeness (QED) is 0.807. The molecule has 94 valence electrons. The summed E-state index contributed by atoms with van der Waals surface area (Å²) in [6.45, 7) is 2.02. The second kappa shape index (κ2) is 4.49. The third kappa shape index (κ3) is 2.20. The summed E-state index contributed by atoms with van der Waals surface area (Å²) in [5.41, 5.74) is 1.07. The number of aryl methyl sites for hydroxylation is 2. The number of nitrogens with one attached hydrogen (secondary N) is 1. The van der Waals surface area contributed by atoms with Crippen molar-refractivity contribution in [2.45, 2.75) is 38.1 Å². The first-order valence-corrected chi connectivity index (χ1v) is 6.06. The molecule has 1 amide bonds. The second-order valence-electron chi connectivity index (χ2n) is 4.74. The van der Waals surface area contributed by atoms with Gasteiger partial charge < -0.3 is 10.4 Å². The number of carbonyl (C=O) groups excluding carboxylic acids is 1. The van der Waals surface area contributed by atoms with Crippen LogP contribution in [0, 0.1) is 0 Å². The van der Waals surface area contributed by atoms with E-state index in [-0.39, 0.29) is 12.5 Å². The number of aliphatic hydroxyl groups is 1. The summed E-state index contributed by atoms with van der Waals surface area (Å²) in [6.07, 6.45) is 3.58. The third-order valence-corrected chi connectivity index (χ3v) is 3.52. The average molecular weight is 237 g/mol. The van der Waals surface area contributed by atoms with Gasteiger partial charge in [-0.1, -0.05) is 6.92 Å². The molecule has 0 atom stereocenters. The summed E-state index contributed by atoms with van der Waals surface area (Å²) in [6, 6.07) is 1.80. The van der Waals surface area contributed by atoms with Crippen molar-refractivity contribution in [1.29, 1.82) is 0 Å². The van der Waals surface area contributed by atoms with E-state index in [4.69, 9.17) is 0 Å². The van der Waals surface area contributed by atoms with E-state index < -0.39 is 5.54 Å². The van der Waals surface area contributed by atoms with Crippen LogP contribution in [0.25, 0.3) is 0 Å². The van der Waals surface area contributed by atoms with Gasteiger partial charge >= 0.3 is 0 Å². The van der Waals surface area contributed by atoms with Crippen molar-refractivity contribution in [3.63, 3.8) is 0 Å². The normalized spacial score (nSPS) is 17.6. The molecule has 0 bridgehead atoms. The van der Waals surface area contributed by atoms with Gasteiger partial charge in [0, 0.05) is 7.05 Å². The fraction of sp³-hybridized carbons (Fsp3) is 0.667. The van der Waals surface area contributed by atoms with Crippen molar-refractivity contribution in [1.82, 2.24) is 15.1 Å². The highest BCUT2D eigenvalue weighted by Gasteiger charge is 2.38. The summed E-state index contributed by atoms with van der Waals surface area (Å²) in [4.78, 5) is 12.1. The van der Waals surface area contributed by atoms with Crippen LogP contribution < -0.4 is 5.32 Å². The number of amides is 1. The molecule has 17 heavy (non-hydrogen) atoms. The van der Waals surface area contributed by atoms with Crippen LogP contribution in [0.4, 0.5) is 0 Å². The molecular formula is C12H19N3O2. The molecule has 2 rings (SSSR count). The molecule has 0 saturated heterocycles. The number of hydrogen-bond donors (Lipinski definition) is 2. The van der Waals surface area contributed by atoms with Crippen LogP contribution >= 0.6 is 0 Å². The molecule has 1 aliphatic rings. The standard InChI is InChI=1S/C12H19N3O2/c1-3-9-7-10(15(2)14-9)11(17)13-12(8-16)5-4-6-12/h7,16H,3-6,8H2,1-2H3,(H,13,17). The van der Waals surface area contributed by atoms with Gasteiger partial charge in [0.2, 0.25) is 0 Å². The summed E-state index contributed by atoms with van der Waals surface area (Å²) in [5, 5.41) is 16.5. The van der Waals surface area contributed by atoms with E-state index in [1.807, 2.05) is 6.92 Å². The van der Waals surface area contributed by atoms with Gasteiger partial charge in [-0.2, -0.15) is 5.10 Å². The number of aliphatic hydroxyl groups excluding tert-OH is 1. The molecule has 0 aromatic carbocycles. The SMILES string of the molecule is CCc1cc(C(=O)NC2(CO)CCC2)n(C)n1. The number of nitrogens with zero attached hydrogens (tertiary/aromatic N) is 2. The lowest BCUT2D eigenvalue weighted by molar-refractivity contribution is 0.0634. The largest absolute Gasteiger partial charge is 0.394 e. The topological polar surface area (TPSA) is 67.2 Å². The van der Waals surface area contributed by atoms with Crippen molar-refractivity contribution >= 4 is 5.91 Å². The minimum absolute atomic E-state index is 0.0111. The summed E-state index contributed by atoms with van der Waals surface area (Å²) in [5.74, 6) is -0.145. The summed E-state index contributed by atoms with van der Waals surface area (Å²) in [7, 11) is 1.76. The fourth-order valence-corrected chi connectivity index (χ4v) is 2.14. The molecule has 0 aliphatic heterocycles. The zero-order chi connectivity index (χ0) is 12.5. The van der Waals surface area contributed by atoms with Crippen LogP contribution in [0.2, 0.25) is 0 Å². The van der Waals surface area contributed by atoms with Crippen molar-refractivity contribution in [2.75, 3.05) is 6.61 Å². The zero-order valence-corrected chi connectivity index (χ0v) is 10.4. The maximum atomic E-state index is 12.1. The molecule has 1 aromatic rings. The van der Waals surface area contributed by atoms with Crippen molar-refractivity contribution in [2.24, 2.45) is 7.05 Å². The molecule has 1 heterocycles. The highest BCUT2D eigenvalue weighted by atomic mass is 16.3. The Morgan fingerprint density at radius 3 is 2.76 bits per heavy atom. The highest BCUT2D eigenvalue weighted by molar-refractivity contribution is 5.93. The molecule has 0 radical (unpaired) electrons. The average Bonchev–Trinajstić information content (AvgIpc) is 2.65. The molecule has 0 unspecified atom stereocenters. The van der Waals surface area contributed by atoms with Gasteiger partial charge in [0.1, 0.15) is 5.69 Å². The lowest BCUT2D eigenvalue weighted by Crippen LogP contribution is -2.56. The number of aromatic nitrogens is 2. The van der Waals surface area contributed by atoms with E-state index in [2.05, 4.69) is 10.4 Å². The van der Waals surface area contributed by atoms with Crippen LogP contribution in [0.15, 0.2) is 6.07 Å². The Kier molecular flexibility index (Phi) is 3.19. The fourth-order valence-electron chi connectivity index (χ4n) is 2.14. The van der Waals surface area contributed by atoms with E-state index in [0.717, 1.165) is 31.4 Å². The predicted molar refractivity (Wildman–Crippen MR) is 63.7 cm³/mol. The Hall–Kier alpha value is -1.36. The van der Waals surface area contributed by atoms with Gasteiger partial charge in [0.05, 0.1) is 17.8 Å². The molecule has 5 heteroatoms.